The highest BCUT2D eigenvalue weighted by atomic mass is 32.2. The molecule has 1 saturated heterocycles. The predicted molar refractivity (Wildman–Crippen MR) is 128 cm³/mol. The van der Waals surface area contributed by atoms with E-state index in [0.717, 1.165) is 33.5 Å². The largest absolute Gasteiger partial charge is 0.497 e. The van der Waals surface area contributed by atoms with E-state index in [0.29, 0.717) is 23.2 Å². The van der Waals surface area contributed by atoms with Crippen molar-refractivity contribution in [2.75, 3.05) is 20.3 Å². The van der Waals surface area contributed by atoms with E-state index in [2.05, 4.69) is 12.1 Å². The molecule has 3 aromatic rings. The lowest BCUT2D eigenvalue weighted by Crippen LogP contribution is -2.28. The number of amides is 1. The second-order valence-electron chi connectivity index (χ2n) is 6.88. The van der Waals surface area contributed by atoms with Crippen LogP contribution in [0.4, 0.5) is 5.69 Å². The molecule has 4 rings (SSSR count). The zero-order valence-electron chi connectivity index (χ0n) is 17.8. The number of methoxy groups -OCH3 is 1. The van der Waals surface area contributed by atoms with Gasteiger partial charge in [-0.25, -0.2) is 4.99 Å². The number of carbonyl (C=O) groups is 1. The third-order valence-corrected chi connectivity index (χ3v) is 6.01. The highest BCUT2D eigenvalue weighted by molar-refractivity contribution is 8.18. The molecule has 0 aromatic heterocycles. The van der Waals surface area contributed by atoms with Crippen LogP contribution < -0.4 is 9.47 Å². The number of fused-ring (bicyclic) bond motifs is 1. The molecule has 0 radical (unpaired) electrons. The summed E-state index contributed by atoms with van der Waals surface area (Å²) in [5.41, 5.74) is 1.69. The number of thioether (sulfide) groups is 1. The van der Waals surface area contributed by atoms with Gasteiger partial charge in [-0.1, -0.05) is 30.3 Å². The van der Waals surface area contributed by atoms with E-state index in [1.807, 2.05) is 68.5 Å². The Morgan fingerprint density at radius 1 is 1.03 bits per heavy atom. The zero-order valence-corrected chi connectivity index (χ0v) is 18.6. The summed E-state index contributed by atoms with van der Waals surface area (Å²) in [4.78, 5) is 20.2. The van der Waals surface area contributed by atoms with Gasteiger partial charge in [0.05, 0.1) is 24.3 Å². The van der Waals surface area contributed by atoms with E-state index in [1.165, 1.54) is 11.8 Å². The number of hydrogen-bond acceptors (Lipinski definition) is 5. The molecule has 1 aliphatic rings. The Morgan fingerprint density at radius 3 is 2.52 bits per heavy atom. The zero-order chi connectivity index (χ0) is 21.8. The fraction of sp³-hybridized carbons (Fsp3) is 0.200. The maximum Gasteiger partial charge on any atom is 0.266 e. The fourth-order valence-electron chi connectivity index (χ4n) is 3.47. The molecule has 0 bridgehead atoms. The molecule has 0 aliphatic carbocycles. The number of nitrogens with zero attached hydrogens (tertiary/aromatic N) is 2. The van der Waals surface area contributed by atoms with Crippen LogP contribution in [0.15, 0.2) is 70.6 Å². The minimum absolute atomic E-state index is 0.0462. The van der Waals surface area contributed by atoms with Gasteiger partial charge in [-0.3, -0.25) is 9.69 Å². The molecule has 5 nitrogen and oxygen atoms in total. The van der Waals surface area contributed by atoms with E-state index in [-0.39, 0.29) is 5.91 Å². The first-order valence-corrected chi connectivity index (χ1v) is 11.0. The van der Waals surface area contributed by atoms with Crippen LogP contribution in [0.5, 0.6) is 11.5 Å². The van der Waals surface area contributed by atoms with Crippen LogP contribution in [0.2, 0.25) is 0 Å². The highest BCUT2D eigenvalue weighted by Gasteiger charge is 2.32. The topological polar surface area (TPSA) is 51.1 Å². The van der Waals surface area contributed by atoms with Crippen molar-refractivity contribution >= 4 is 45.4 Å². The number of likely N-dealkylation sites (N-methyl/N-ethyl adjacent to an activating group) is 1. The van der Waals surface area contributed by atoms with Gasteiger partial charge in [0.25, 0.3) is 5.91 Å². The van der Waals surface area contributed by atoms with Crippen molar-refractivity contribution in [3.8, 4) is 11.5 Å². The Kier molecular flexibility index (Phi) is 6.28. The van der Waals surface area contributed by atoms with Crippen LogP contribution in [0.1, 0.15) is 19.4 Å². The molecular formula is C25H24N2O3S. The van der Waals surface area contributed by atoms with E-state index in [9.17, 15) is 4.79 Å². The molecule has 0 saturated carbocycles. The normalized spacial score (nSPS) is 16.5. The van der Waals surface area contributed by atoms with Crippen molar-refractivity contribution < 1.29 is 14.3 Å². The summed E-state index contributed by atoms with van der Waals surface area (Å²) in [6.45, 7) is 5.02. The first-order chi connectivity index (χ1) is 15.1. The predicted octanol–water partition coefficient (Wildman–Crippen LogP) is 5.87. The molecule has 0 unspecified atom stereocenters. The van der Waals surface area contributed by atoms with Gasteiger partial charge in [0.2, 0.25) is 0 Å². The Bertz CT molecular complexity index is 1170. The smallest absolute Gasteiger partial charge is 0.266 e. The summed E-state index contributed by atoms with van der Waals surface area (Å²) in [5.74, 6) is 1.49. The van der Waals surface area contributed by atoms with Gasteiger partial charge in [-0.2, -0.15) is 0 Å². The van der Waals surface area contributed by atoms with Crippen molar-refractivity contribution in [1.29, 1.82) is 0 Å². The van der Waals surface area contributed by atoms with Crippen molar-refractivity contribution in [3.05, 3.63) is 71.1 Å². The summed E-state index contributed by atoms with van der Waals surface area (Å²) in [5, 5.41) is 2.83. The second kappa shape index (κ2) is 9.27. The molecule has 0 N–H and O–H groups in total. The van der Waals surface area contributed by atoms with Crippen molar-refractivity contribution in [2.45, 2.75) is 13.8 Å². The molecule has 158 valence electrons. The standard InChI is InChI=1S/C25H24N2O3S/c1-4-27-24(28)23(31-25(27)26-18-11-13-19(29-3)14-12-18)16-21-20-9-7-6-8-17(20)10-15-22(21)30-5-2/h6-16H,4-5H2,1-3H3/b23-16+,26-25?. The molecule has 1 heterocycles. The summed E-state index contributed by atoms with van der Waals surface area (Å²) in [6.07, 6.45) is 1.93. The fourth-order valence-corrected chi connectivity index (χ4v) is 4.52. The maximum atomic E-state index is 13.1. The Morgan fingerprint density at radius 2 is 1.81 bits per heavy atom. The lowest BCUT2D eigenvalue weighted by atomic mass is 10.0. The van der Waals surface area contributed by atoms with Crippen LogP contribution in [0.25, 0.3) is 16.8 Å². The molecule has 1 aliphatic heterocycles. The third kappa shape index (κ3) is 4.30. The quantitative estimate of drug-likeness (QED) is 0.457. The molecule has 31 heavy (non-hydrogen) atoms. The number of hydrogen-bond donors (Lipinski definition) is 0. The maximum absolute atomic E-state index is 13.1. The first-order valence-electron chi connectivity index (χ1n) is 10.2. The summed E-state index contributed by atoms with van der Waals surface area (Å²) in [6, 6.07) is 19.6. The molecule has 0 atom stereocenters. The molecular weight excluding hydrogens is 408 g/mol. The number of benzene rings is 3. The molecule has 6 heteroatoms. The van der Waals surface area contributed by atoms with Gasteiger partial charge in [-0.15, -0.1) is 0 Å². The minimum atomic E-state index is -0.0462. The molecule has 1 fully saturated rings. The van der Waals surface area contributed by atoms with Crippen LogP contribution in [-0.2, 0) is 4.79 Å². The summed E-state index contributed by atoms with van der Waals surface area (Å²) in [7, 11) is 1.63. The monoisotopic (exact) mass is 432 g/mol. The van der Waals surface area contributed by atoms with Crippen LogP contribution in [0, 0.1) is 0 Å². The van der Waals surface area contributed by atoms with Gasteiger partial charge in [0.15, 0.2) is 5.17 Å². The third-order valence-electron chi connectivity index (χ3n) is 5.01. The molecule has 3 aromatic carbocycles. The lowest BCUT2D eigenvalue weighted by Gasteiger charge is -2.12. The van der Waals surface area contributed by atoms with E-state index in [4.69, 9.17) is 14.5 Å². The van der Waals surface area contributed by atoms with Gasteiger partial charge < -0.3 is 9.47 Å². The Balaban J connectivity index is 1.75. The summed E-state index contributed by atoms with van der Waals surface area (Å²) >= 11 is 1.39. The van der Waals surface area contributed by atoms with Crippen LogP contribution >= 0.6 is 11.8 Å². The SMILES string of the molecule is CCOc1ccc2ccccc2c1/C=C1/SC(=Nc2ccc(OC)cc2)N(CC)C1=O. The molecule has 1 amide bonds. The minimum Gasteiger partial charge on any atom is -0.497 e. The van der Waals surface area contributed by atoms with Crippen molar-refractivity contribution in [2.24, 2.45) is 4.99 Å². The van der Waals surface area contributed by atoms with Gasteiger partial charge in [0, 0.05) is 12.1 Å². The van der Waals surface area contributed by atoms with E-state index >= 15 is 0 Å². The highest BCUT2D eigenvalue weighted by Crippen LogP contribution is 2.37. The average molecular weight is 433 g/mol. The van der Waals surface area contributed by atoms with Crippen LogP contribution in [0.3, 0.4) is 0 Å². The Labute approximate surface area is 186 Å². The van der Waals surface area contributed by atoms with Crippen molar-refractivity contribution in [1.82, 2.24) is 4.90 Å². The second-order valence-corrected chi connectivity index (χ2v) is 7.89. The number of ether oxygens (including phenoxy) is 2. The van der Waals surface area contributed by atoms with Crippen LogP contribution in [-0.4, -0.2) is 36.2 Å². The number of carbonyl (C=O) groups excluding carboxylic acids is 1. The van der Waals surface area contributed by atoms with Gasteiger partial charge in [-0.05, 0) is 72.8 Å². The lowest BCUT2D eigenvalue weighted by molar-refractivity contribution is -0.122. The van der Waals surface area contributed by atoms with Crippen molar-refractivity contribution in [3.63, 3.8) is 0 Å². The van der Waals surface area contributed by atoms with Gasteiger partial charge >= 0.3 is 0 Å². The molecule has 0 spiro atoms. The Hall–Kier alpha value is -3.25. The average Bonchev–Trinajstić information content (AvgIpc) is 3.09. The van der Waals surface area contributed by atoms with E-state index < -0.39 is 0 Å². The van der Waals surface area contributed by atoms with E-state index in [1.54, 1.807) is 12.0 Å². The number of aliphatic imine (C=N–C) groups is 1. The number of amidine groups is 1. The number of rotatable bonds is 6. The first kappa shape index (κ1) is 21.0. The summed E-state index contributed by atoms with van der Waals surface area (Å²) < 4.78 is 11.1. The van der Waals surface area contributed by atoms with Gasteiger partial charge in [0.1, 0.15) is 11.5 Å².